The summed E-state index contributed by atoms with van der Waals surface area (Å²) in [5.41, 5.74) is 7.66. The molecule has 3 heteroatoms. The molecule has 0 aliphatic carbocycles. The van der Waals surface area contributed by atoms with Gasteiger partial charge in [-0.25, -0.2) is 0 Å². The third-order valence-electron chi connectivity index (χ3n) is 2.41. The van der Waals surface area contributed by atoms with E-state index in [1.165, 1.54) is 0 Å². The summed E-state index contributed by atoms with van der Waals surface area (Å²) in [7, 11) is 1.64. The average molecular weight is 195 g/mol. The zero-order valence-corrected chi connectivity index (χ0v) is 8.66. The highest BCUT2D eigenvalue weighted by atomic mass is 16.5. The fourth-order valence-electron chi connectivity index (χ4n) is 1.41. The smallest absolute Gasteiger partial charge is 0.122 e. The van der Waals surface area contributed by atoms with Crippen molar-refractivity contribution < 1.29 is 9.84 Å². The molecule has 0 bridgehead atoms. The number of aliphatic hydroxyl groups excluding tert-OH is 1. The van der Waals surface area contributed by atoms with Crippen LogP contribution in [0.25, 0.3) is 0 Å². The fraction of sp³-hybridized carbons (Fsp3) is 0.455. The Morgan fingerprint density at radius 2 is 2.21 bits per heavy atom. The maximum absolute atomic E-state index is 9.09. The molecule has 0 fully saturated rings. The number of ether oxygens (including phenoxy) is 1. The lowest BCUT2D eigenvalue weighted by atomic mass is 9.98. The summed E-state index contributed by atoms with van der Waals surface area (Å²) in [6, 6.07) is 5.89. The highest BCUT2D eigenvalue weighted by Crippen LogP contribution is 2.23. The molecule has 0 aliphatic rings. The van der Waals surface area contributed by atoms with Gasteiger partial charge in [0.25, 0.3) is 0 Å². The molecule has 1 aromatic rings. The summed E-state index contributed by atoms with van der Waals surface area (Å²) in [6.45, 7) is 2.50. The van der Waals surface area contributed by atoms with Gasteiger partial charge in [0.05, 0.1) is 13.7 Å². The minimum Gasteiger partial charge on any atom is -0.496 e. The molecule has 0 aromatic heterocycles. The summed E-state index contributed by atoms with van der Waals surface area (Å²) in [5.74, 6) is 0.846. The van der Waals surface area contributed by atoms with Crippen LogP contribution in [0.2, 0.25) is 0 Å². The number of rotatable bonds is 4. The molecular formula is C11H17NO2. The van der Waals surface area contributed by atoms with E-state index in [1.54, 1.807) is 7.11 Å². The molecule has 0 saturated heterocycles. The second-order valence-electron chi connectivity index (χ2n) is 3.34. The van der Waals surface area contributed by atoms with Crippen molar-refractivity contribution in [3.63, 3.8) is 0 Å². The van der Waals surface area contributed by atoms with Gasteiger partial charge in [-0.15, -0.1) is 0 Å². The van der Waals surface area contributed by atoms with E-state index in [9.17, 15) is 0 Å². The summed E-state index contributed by atoms with van der Waals surface area (Å²) in [4.78, 5) is 0. The Balaban J connectivity index is 2.98. The largest absolute Gasteiger partial charge is 0.496 e. The van der Waals surface area contributed by atoms with Gasteiger partial charge >= 0.3 is 0 Å². The van der Waals surface area contributed by atoms with Gasteiger partial charge in [0.2, 0.25) is 0 Å². The summed E-state index contributed by atoms with van der Waals surface area (Å²) in [5, 5.41) is 9.09. The van der Waals surface area contributed by atoms with Crippen molar-refractivity contribution in [2.75, 3.05) is 20.3 Å². The van der Waals surface area contributed by atoms with Crippen LogP contribution >= 0.6 is 0 Å². The zero-order chi connectivity index (χ0) is 10.6. The van der Waals surface area contributed by atoms with Crippen molar-refractivity contribution in [2.24, 2.45) is 5.73 Å². The van der Waals surface area contributed by atoms with E-state index >= 15 is 0 Å². The average Bonchev–Trinajstić information content (AvgIpc) is 2.22. The standard InChI is InChI=1S/C11H17NO2/c1-8-3-4-9(5-11(8)14-2)10(6-12)7-13/h3-5,10,13H,6-7,12H2,1-2H3. The number of aryl methyl sites for hydroxylation is 1. The highest BCUT2D eigenvalue weighted by molar-refractivity contribution is 5.38. The lowest BCUT2D eigenvalue weighted by molar-refractivity contribution is 0.267. The first kappa shape index (κ1) is 11.0. The topological polar surface area (TPSA) is 55.5 Å². The van der Waals surface area contributed by atoms with Gasteiger partial charge in [0.1, 0.15) is 5.75 Å². The summed E-state index contributed by atoms with van der Waals surface area (Å²) in [6.07, 6.45) is 0. The van der Waals surface area contributed by atoms with E-state index in [0.29, 0.717) is 6.54 Å². The normalized spacial score (nSPS) is 12.6. The molecule has 1 rings (SSSR count). The molecule has 0 radical (unpaired) electrons. The van der Waals surface area contributed by atoms with Crippen molar-refractivity contribution in [3.05, 3.63) is 29.3 Å². The van der Waals surface area contributed by atoms with E-state index in [0.717, 1.165) is 16.9 Å². The summed E-state index contributed by atoms with van der Waals surface area (Å²) >= 11 is 0. The first-order chi connectivity index (χ1) is 6.72. The quantitative estimate of drug-likeness (QED) is 0.754. The molecule has 3 N–H and O–H groups in total. The third kappa shape index (κ3) is 2.25. The molecule has 1 unspecified atom stereocenters. The van der Waals surface area contributed by atoms with E-state index in [4.69, 9.17) is 15.6 Å². The lowest BCUT2D eigenvalue weighted by Crippen LogP contribution is -2.16. The van der Waals surface area contributed by atoms with E-state index in [1.807, 2.05) is 25.1 Å². The number of hydrogen-bond donors (Lipinski definition) is 2. The van der Waals surface area contributed by atoms with Crippen LogP contribution in [0.3, 0.4) is 0 Å². The monoisotopic (exact) mass is 195 g/mol. The van der Waals surface area contributed by atoms with Crippen LogP contribution in [0.5, 0.6) is 5.75 Å². The Labute approximate surface area is 84.5 Å². The molecule has 0 saturated carbocycles. The second-order valence-corrected chi connectivity index (χ2v) is 3.34. The van der Waals surface area contributed by atoms with Crippen LogP contribution in [0, 0.1) is 6.92 Å². The van der Waals surface area contributed by atoms with Gasteiger partial charge in [-0.1, -0.05) is 12.1 Å². The number of hydrogen-bond acceptors (Lipinski definition) is 3. The first-order valence-electron chi connectivity index (χ1n) is 4.68. The number of benzene rings is 1. The molecule has 1 aromatic carbocycles. The Morgan fingerprint density at radius 3 is 2.71 bits per heavy atom. The van der Waals surface area contributed by atoms with Crippen LogP contribution < -0.4 is 10.5 Å². The van der Waals surface area contributed by atoms with E-state index in [-0.39, 0.29) is 12.5 Å². The number of aliphatic hydroxyl groups is 1. The van der Waals surface area contributed by atoms with Crippen molar-refractivity contribution in [1.82, 2.24) is 0 Å². The van der Waals surface area contributed by atoms with Crippen molar-refractivity contribution >= 4 is 0 Å². The lowest BCUT2D eigenvalue weighted by Gasteiger charge is -2.14. The van der Waals surface area contributed by atoms with Gasteiger partial charge in [-0.2, -0.15) is 0 Å². The Kier molecular flexibility index (Phi) is 3.92. The fourth-order valence-corrected chi connectivity index (χ4v) is 1.41. The minimum absolute atomic E-state index is 0.00417. The highest BCUT2D eigenvalue weighted by Gasteiger charge is 2.09. The molecule has 0 spiro atoms. The Hall–Kier alpha value is -1.06. The van der Waals surface area contributed by atoms with Crippen molar-refractivity contribution in [3.8, 4) is 5.75 Å². The van der Waals surface area contributed by atoms with Crippen LogP contribution in [-0.4, -0.2) is 25.4 Å². The third-order valence-corrected chi connectivity index (χ3v) is 2.41. The van der Waals surface area contributed by atoms with Gasteiger partial charge in [-0.05, 0) is 24.1 Å². The molecule has 1 atom stereocenters. The summed E-state index contributed by atoms with van der Waals surface area (Å²) < 4.78 is 5.20. The predicted octanol–water partition coefficient (Wildman–Crippen LogP) is 1.04. The maximum Gasteiger partial charge on any atom is 0.122 e. The number of nitrogens with two attached hydrogens (primary N) is 1. The molecular weight excluding hydrogens is 178 g/mol. The van der Waals surface area contributed by atoms with Gasteiger partial charge < -0.3 is 15.6 Å². The maximum atomic E-state index is 9.09. The van der Waals surface area contributed by atoms with Crippen LogP contribution in [0.4, 0.5) is 0 Å². The number of methoxy groups -OCH3 is 1. The zero-order valence-electron chi connectivity index (χ0n) is 8.66. The van der Waals surface area contributed by atoms with Crippen LogP contribution in [0.15, 0.2) is 18.2 Å². The van der Waals surface area contributed by atoms with Crippen LogP contribution in [-0.2, 0) is 0 Å². The molecule has 3 nitrogen and oxygen atoms in total. The van der Waals surface area contributed by atoms with Gasteiger partial charge in [0, 0.05) is 12.5 Å². The molecule has 14 heavy (non-hydrogen) atoms. The van der Waals surface area contributed by atoms with E-state index < -0.39 is 0 Å². The molecule has 0 heterocycles. The second kappa shape index (κ2) is 4.98. The Bertz CT molecular complexity index is 295. The molecule has 0 amide bonds. The molecule has 0 aliphatic heterocycles. The van der Waals surface area contributed by atoms with Crippen molar-refractivity contribution in [1.29, 1.82) is 0 Å². The van der Waals surface area contributed by atoms with E-state index in [2.05, 4.69) is 0 Å². The van der Waals surface area contributed by atoms with Crippen LogP contribution in [0.1, 0.15) is 17.0 Å². The minimum atomic E-state index is 0.00417. The van der Waals surface area contributed by atoms with Gasteiger partial charge in [-0.3, -0.25) is 0 Å². The molecule has 78 valence electrons. The predicted molar refractivity (Wildman–Crippen MR) is 56.6 cm³/mol. The van der Waals surface area contributed by atoms with Gasteiger partial charge in [0.15, 0.2) is 0 Å². The first-order valence-corrected chi connectivity index (χ1v) is 4.68. The van der Waals surface area contributed by atoms with Crippen molar-refractivity contribution in [2.45, 2.75) is 12.8 Å². The Morgan fingerprint density at radius 1 is 1.50 bits per heavy atom. The SMILES string of the molecule is COc1cc(C(CN)CO)ccc1C.